The molecule has 11 nitrogen and oxygen atoms in total. The van der Waals surface area contributed by atoms with Crippen molar-refractivity contribution in [3.63, 3.8) is 0 Å². The van der Waals surface area contributed by atoms with Crippen LogP contribution in [0.4, 0.5) is 11.4 Å². The second kappa shape index (κ2) is 20.6. The van der Waals surface area contributed by atoms with Crippen LogP contribution in [0.25, 0.3) is 28.1 Å². The predicted octanol–water partition coefficient (Wildman–Crippen LogP) is 7.88. The molecule has 3 aromatic rings. The summed E-state index contributed by atoms with van der Waals surface area (Å²) in [5.74, 6) is 0.350. The van der Waals surface area contributed by atoms with E-state index in [-0.39, 0.29) is 18.0 Å². The van der Waals surface area contributed by atoms with Gasteiger partial charge >= 0.3 is 0 Å². The first-order valence-electron chi connectivity index (χ1n) is 20.3. The number of ether oxygens (including phenoxy) is 1. The average molecular weight is 898 g/mol. The third kappa shape index (κ3) is 10.8. The van der Waals surface area contributed by atoms with Gasteiger partial charge in [0.2, 0.25) is 5.91 Å². The minimum Gasteiger partial charge on any atom is -0.388 e. The fraction of sp³-hybridized carbons (Fsp3) is 0.444. The summed E-state index contributed by atoms with van der Waals surface area (Å²) in [6.07, 6.45) is -0.0980. The zero-order valence-electron chi connectivity index (χ0n) is 34.7. The van der Waals surface area contributed by atoms with Crippen LogP contribution in [0.2, 0.25) is 10.0 Å². The largest absolute Gasteiger partial charge is 0.388 e. The highest BCUT2D eigenvalue weighted by Crippen LogP contribution is 2.33. The fourth-order valence-corrected chi connectivity index (χ4v) is 9.13. The number of aliphatic hydroxyl groups is 3. The molecule has 5 N–H and O–H groups in total. The maximum Gasteiger partial charge on any atom is 0.237 e. The number of carbonyl (C=O) groups is 1. The summed E-state index contributed by atoms with van der Waals surface area (Å²) in [6, 6.07) is 27.0. The van der Waals surface area contributed by atoms with Crippen LogP contribution in [0.3, 0.4) is 0 Å². The Labute approximate surface area is 371 Å². The highest BCUT2D eigenvalue weighted by atomic mass is 35.5. The SMILES string of the molecule is CC(C)/N=c1\cc2n(-c3ccc(Cl)cc3)c3ccccc3nc-2cc1Nc1ccc(Cl)cc1.CCC[C@@H]1C[C@@H](C(=O)N[C@@H]([C@H]2O[C@H](SC)[C@H](O)[C@@H](O)[C@H]2O)[C@H](C)Cl)N(C)C1. The van der Waals surface area contributed by atoms with Crippen LogP contribution in [0, 0.1) is 5.92 Å². The highest BCUT2D eigenvalue weighted by Gasteiger charge is 2.48. The monoisotopic (exact) mass is 896 g/mol. The predicted molar refractivity (Wildman–Crippen MR) is 245 cm³/mol. The van der Waals surface area contributed by atoms with Gasteiger partial charge in [0.25, 0.3) is 0 Å². The quantitative estimate of drug-likeness (QED) is 0.0661. The second-order valence-corrected chi connectivity index (χ2v) is 18.4. The number of carbonyl (C=O) groups excluding carboxylic acids is 1. The molecule has 60 heavy (non-hydrogen) atoms. The number of fused-ring (bicyclic) bond motifs is 2. The maximum atomic E-state index is 12.9. The lowest BCUT2D eigenvalue weighted by Crippen LogP contribution is -2.65. The molecule has 322 valence electrons. The van der Waals surface area contributed by atoms with Gasteiger partial charge in [0.1, 0.15) is 29.9 Å². The Morgan fingerprint density at radius 2 is 1.63 bits per heavy atom. The van der Waals surface area contributed by atoms with E-state index < -0.39 is 41.3 Å². The van der Waals surface area contributed by atoms with Crippen molar-refractivity contribution in [3.8, 4) is 17.1 Å². The van der Waals surface area contributed by atoms with E-state index in [4.69, 9.17) is 49.5 Å². The Morgan fingerprint density at radius 3 is 2.27 bits per heavy atom. The van der Waals surface area contributed by atoms with E-state index in [2.05, 4.69) is 54.2 Å². The van der Waals surface area contributed by atoms with E-state index in [1.54, 1.807) is 13.2 Å². The lowest BCUT2D eigenvalue weighted by atomic mass is 9.92. The minimum absolute atomic E-state index is 0.130. The van der Waals surface area contributed by atoms with Crippen LogP contribution in [0.5, 0.6) is 0 Å². The summed E-state index contributed by atoms with van der Waals surface area (Å²) in [6.45, 7) is 8.88. The van der Waals surface area contributed by atoms with Crippen molar-refractivity contribution in [2.24, 2.45) is 10.9 Å². The Hall–Kier alpha value is -3.43. The average Bonchev–Trinajstić information content (AvgIpc) is 3.59. The van der Waals surface area contributed by atoms with Crippen LogP contribution < -0.4 is 16.0 Å². The zero-order chi connectivity index (χ0) is 43.2. The number of nitrogens with one attached hydrogen (secondary N) is 2. The normalized spacial score (nSPS) is 24.6. The molecule has 7 rings (SSSR count). The topological polar surface area (TPSA) is 144 Å². The molecule has 2 saturated heterocycles. The van der Waals surface area contributed by atoms with E-state index in [1.807, 2.05) is 78.7 Å². The summed E-state index contributed by atoms with van der Waals surface area (Å²) < 4.78 is 8.00. The number of nitrogens with zero attached hydrogens (tertiary/aromatic N) is 4. The Bertz CT molecular complexity index is 2240. The number of thioether (sulfide) groups is 1. The van der Waals surface area contributed by atoms with Gasteiger partial charge in [-0.3, -0.25) is 14.7 Å². The number of likely N-dealkylation sites (tertiary alicyclic amines) is 1. The number of hydrogen-bond donors (Lipinski definition) is 5. The molecule has 3 aliphatic heterocycles. The molecule has 15 heteroatoms. The third-order valence-corrected chi connectivity index (χ3v) is 12.6. The van der Waals surface area contributed by atoms with E-state index in [0.717, 1.165) is 70.6 Å². The molecule has 1 aliphatic carbocycles. The molecule has 0 unspecified atom stereocenters. The van der Waals surface area contributed by atoms with Gasteiger partial charge in [0, 0.05) is 34.0 Å². The van der Waals surface area contributed by atoms with Crippen molar-refractivity contribution in [1.29, 1.82) is 0 Å². The van der Waals surface area contributed by atoms with Crippen molar-refractivity contribution < 1.29 is 24.9 Å². The molecule has 4 aliphatic rings. The molecule has 3 aromatic carbocycles. The first kappa shape index (κ1) is 46.1. The number of likely N-dealkylation sites (N-methyl/N-ethyl adjacent to an activating group) is 1. The molecular formula is C45H55Cl3N6O5S. The van der Waals surface area contributed by atoms with Crippen LogP contribution in [0.15, 0.2) is 89.9 Å². The second-order valence-electron chi connectivity index (χ2n) is 15.9. The summed E-state index contributed by atoms with van der Waals surface area (Å²) in [4.78, 5) is 24.8. The fourth-order valence-electron chi connectivity index (χ4n) is 8.00. The maximum absolute atomic E-state index is 12.9. The molecule has 0 spiro atoms. The number of amides is 1. The first-order valence-corrected chi connectivity index (χ1v) is 22.8. The van der Waals surface area contributed by atoms with Gasteiger partial charge in [-0.1, -0.05) is 48.7 Å². The number of aliphatic hydroxyl groups excluding tert-OH is 3. The van der Waals surface area contributed by atoms with Crippen LogP contribution >= 0.6 is 46.6 Å². The van der Waals surface area contributed by atoms with Gasteiger partial charge in [-0.25, -0.2) is 4.98 Å². The number of halogens is 3. The van der Waals surface area contributed by atoms with E-state index in [1.165, 1.54) is 11.8 Å². The lowest BCUT2D eigenvalue weighted by molar-refractivity contribution is -0.205. The lowest BCUT2D eigenvalue weighted by Gasteiger charge is -2.44. The standard InChI is InChI=1S/C27H22Cl2N4.C18H33ClN2O5S/c1-17(2)30-24-16-27-25(15-23(24)31-20-11-7-18(28)8-12-20)32-22-5-3-4-6-26(22)33(27)21-13-9-19(29)10-14-21;1-5-6-10-7-11(21(3)8-10)17(25)20-12(9(2)19)16-14(23)13(22)15(24)18(26-16)27-4/h3-17,31H,1-2H3;9-16,18,22-24H,5-8H2,1-4H3,(H,20,25)/b30-24+;/t;9-,10+,11-,12+,13-,14+,15+,16+,18+/m.0/s1. The number of aromatic nitrogens is 2. The summed E-state index contributed by atoms with van der Waals surface area (Å²) >= 11 is 19.8. The van der Waals surface area contributed by atoms with Crippen LogP contribution in [-0.2, 0) is 9.53 Å². The van der Waals surface area contributed by atoms with Gasteiger partial charge in [-0.05, 0) is 126 Å². The van der Waals surface area contributed by atoms with Gasteiger partial charge < -0.3 is 35.3 Å². The van der Waals surface area contributed by atoms with E-state index in [9.17, 15) is 20.1 Å². The molecule has 9 atom stereocenters. The van der Waals surface area contributed by atoms with Crippen molar-refractivity contribution in [3.05, 3.63) is 100 Å². The summed E-state index contributed by atoms with van der Waals surface area (Å²) in [5.41, 5.74) is 5.89. The van der Waals surface area contributed by atoms with Gasteiger partial charge in [0.05, 0.1) is 50.9 Å². The summed E-state index contributed by atoms with van der Waals surface area (Å²) in [7, 11) is 1.94. The number of rotatable bonds is 11. The number of hydrogen-bond acceptors (Lipinski definition) is 10. The number of para-hydroxylation sites is 2. The number of anilines is 2. The van der Waals surface area contributed by atoms with Gasteiger partial charge in [-0.15, -0.1) is 23.4 Å². The van der Waals surface area contributed by atoms with Crippen molar-refractivity contribution in [2.45, 2.75) is 100 Å². The molecule has 3 heterocycles. The molecular weight excluding hydrogens is 843 g/mol. The van der Waals surface area contributed by atoms with Gasteiger partial charge in [-0.2, -0.15) is 0 Å². The Morgan fingerprint density at radius 1 is 0.967 bits per heavy atom. The number of alkyl halides is 1. The van der Waals surface area contributed by atoms with E-state index in [0.29, 0.717) is 16.0 Å². The molecule has 1 amide bonds. The van der Waals surface area contributed by atoms with E-state index >= 15 is 0 Å². The third-order valence-electron chi connectivity index (χ3n) is 10.9. The molecule has 0 aromatic heterocycles. The van der Waals surface area contributed by atoms with Crippen LogP contribution in [-0.4, -0.2) is 109 Å². The Kier molecular flexibility index (Phi) is 15.8. The van der Waals surface area contributed by atoms with Crippen molar-refractivity contribution >= 4 is 74.9 Å². The number of benzene rings is 4. The highest BCUT2D eigenvalue weighted by molar-refractivity contribution is 7.99. The summed E-state index contributed by atoms with van der Waals surface area (Å²) in [5, 5.41) is 38.8. The van der Waals surface area contributed by atoms with Crippen LogP contribution in [0.1, 0.15) is 47.0 Å². The smallest absolute Gasteiger partial charge is 0.237 e. The minimum atomic E-state index is -1.36. The Balaban J connectivity index is 0.000000206. The molecule has 0 radical (unpaired) electrons. The molecule has 2 fully saturated rings. The molecule has 0 bridgehead atoms. The van der Waals surface area contributed by atoms with Crippen molar-refractivity contribution in [2.75, 3.05) is 25.2 Å². The van der Waals surface area contributed by atoms with Gasteiger partial charge in [0.15, 0.2) is 0 Å². The first-order chi connectivity index (χ1) is 28.7. The molecule has 0 saturated carbocycles. The van der Waals surface area contributed by atoms with Crippen molar-refractivity contribution in [1.82, 2.24) is 19.8 Å². The zero-order valence-corrected chi connectivity index (χ0v) is 37.8.